The van der Waals surface area contributed by atoms with E-state index in [2.05, 4.69) is 0 Å². The van der Waals surface area contributed by atoms with E-state index in [0.717, 1.165) is 28.9 Å². The van der Waals surface area contributed by atoms with Crippen LogP contribution in [-0.2, 0) is 20.7 Å². The molecule has 0 atom stereocenters. The molecule has 190 valence electrons. The highest BCUT2D eigenvalue weighted by atomic mass is 16.6. The van der Waals surface area contributed by atoms with Crippen molar-refractivity contribution in [3.63, 3.8) is 0 Å². The van der Waals surface area contributed by atoms with Crippen molar-refractivity contribution < 1.29 is 19.1 Å². The van der Waals surface area contributed by atoms with Crippen LogP contribution in [0.4, 0.5) is 16.2 Å². The molecule has 0 unspecified atom stereocenters. The van der Waals surface area contributed by atoms with Crippen LogP contribution in [0.15, 0.2) is 54.6 Å². The van der Waals surface area contributed by atoms with E-state index in [1.54, 1.807) is 22.8 Å². The molecule has 4 rings (SSSR count). The van der Waals surface area contributed by atoms with Gasteiger partial charge in [0, 0.05) is 50.1 Å². The standard InChI is InChI=1S/C29H35N3O4/c1-21(33)31-19-14-23-11-12-25(20-26(23)31)32(27(34)13-10-22-8-6-5-7-9-22)24-15-17-30(18-16-24)28(35)36-29(2,3)4/h5-13,20,24H,14-19H2,1-4H3/b13-10+. The van der Waals surface area contributed by atoms with Crippen LogP contribution in [-0.4, -0.2) is 54.1 Å². The average Bonchev–Trinajstić information content (AvgIpc) is 3.27. The van der Waals surface area contributed by atoms with Crippen molar-refractivity contribution >= 4 is 35.4 Å². The third-order valence-corrected chi connectivity index (χ3v) is 6.56. The average molecular weight is 490 g/mol. The Balaban J connectivity index is 1.58. The molecule has 0 N–H and O–H groups in total. The normalized spacial score (nSPS) is 16.2. The quantitative estimate of drug-likeness (QED) is 0.564. The highest BCUT2D eigenvalue weighted by Crippen LogP contribution is 2.34. The number of piperidine rings is 1. The predicted octanol–water partition coefficient (Wildman–Crippen LogP) is 5.04. The first-order chi connectivity index (χ1) is 17.1. The molecule has 0 bridgehead atoms. The molecule has 3 amide bonds. The minimum Gasteiger partial charge on any atom is -0.444 e. The van der Waals surface area contributed by atoms with Gasteiger partial charge in [-0.15, -0.1) is 0 Å². The molecule has 7 nitrogen and oxygen atoms in total. The third-order valence-electron chi connectivity index (χ3n) is 6.56. The number of hydrogen-bond acceptors (Lipinski definition) is 4. The van der Waals surface area contributed by atoms with Gasteiger partial charge in [0.25, 0.3) is 5.91 Å². The largest absolute Gasteiger partial charge is 0.444 e. The molecule has 2 heterocycles. The van der Waals surface area contributed by atoms with Gasteiger partial charge in [0.2, 0.25) is 5.91 Å². The number of ether oxygens (including phenoxy) is 1. The van der Waals surface area contributed by atoms with E-state index in [-0.39, 0.29) is 23.9 Å². The van der Waals surface area contributed by atoms with Crippen molar-refractivity contribution in [3.05, 3.63) is 65.7 Å². The second-order valence-corrected chi connectivity index (χ2v) is 10.4. The zero-order valence-corrected chi connectivity index (χ0v) is 21.6. The molecule has 0 aromatic heterocycles. The Morgan fingerprint density at radius 1 is 1.00 bits per heavy atom. The van der Waals surface area contributed by atoms with Crippen molar-refractivity contribution in [1.82, 2.24) is 4.90 Å². The lowest BCUT2D eigenvalue weighted by Gasteiger charge is -2.38. The summed E-state index contributed by atoms with van der Waals surface area (Å²) in [5.41, 5.74) is 3.14. The number of likely N-dealkylation sites (tertiary alicyclic amines) is 1. The molecule has 0 radical (unpaired) electrons. The van der Waals surface area contributed by atoms with Crippen molar-refractivity contribution in [2.45, 2.75) is 58.6 Å². The van der Waals surface area contributed by atoms with Crippen molar-refractivity contribution in [2.24, 2.45) is 0 Å². The summed E-state index contributed by atoms with van der Waals surface area (Å²) in [4.78, 5) is 43.6. The van der Waals surface area contributed by atoms with Gasteiger partial charge in [-0.1, -0.05) is 36.4 Å². The van der Waals surface area contributed by atoms with E-state index in [9.17, 15) is 14.4 Å². The van der Waals surface area contributed by atoms with Crippen LogP contribution in [0.25, 0.3) is 6.08 Å². The first-order valence-corrected chi connectivity index (χ1v) is 12.6. The molecule has 0 spiro atoms. The van der Waals surface area contributed by atoms with Crippen LogP contribution >= 0.6 is 0 Å². The summed E-state index contributed by atoms with van der Waals surface area (Å²) in [6, 6.07) is 15.6. The minimum absolute atomic E-state index is 0.00146. The SMILES string of the molecule is CC(=O)N1CCc2ccc(N(C(=O)/C=C/c3ccccc3)C3CCN(C(=O)OC(C)(C)C)CC3)cc21. The lowest BCUT2D eigenvalue weighted by Crippen LogP contribution is -2.49. The molecule has 2 aromatic rings. The number of anilines is 2. The summed E-state index contributed by atoms with van der Waals surface area (Å²) in [5, 5.41) is 0. The predicted molar refractivity (Wildman–Crippen MR) is 142 cm³/mol. The number of fused-ring (bicyclic) bond motifs is 1. The third kappa shape index (κ3) is 5.96. The summed E-state index contributed by atoms with van der Waals surface area (Å²) in [5.74, 6) is -0.125. The first-order valence-electron chi connectivity index (χ1n) is 12.6. The summed E-state index contributed by atoms with van der Waals surface area (Å²) >= 11 is 0. The Labute approximate surface area is 213 Å². The maximum absolute atomic E-state index is 13.6. The summed E-state index contributed by atoms with van der Waals surface area (Å²) in [7, 11) is 0. The molecule has 2 aromatic carbocycles. The fraction of sp³-hybridized carbons (Fsp3) is 0.414. The molecular formula is C29H35N3O4. The molecule has 0 saturated carbocycles. The summed E-state index contributed by atoms with van der Waals surface area (Å²) in [6.45, 7) is 8.82. The van der Waals surface area contributed by atoms with Crippen LogP contribution in [0.5, 0.6) is 0 Å². The molecule has 1 saturated heterocycles. The monoisotopic (exact) mass is 489 g/mol. The minimum atomic E-state index is -0.550. The Bertz CT molecular complexity index is 1140. The van der Waals surface area contributed by atoms with E-state index >= 15 is 0 Å². The number of nitrogens with zero attached hydrogens (tertiary/aromatic N) is 3. The van der Waals surface area contributed by atoms with Gasteiger partial charge in [0.15, 0.2) is 0 Å². The number of rotatable bonds is 4. The number of hydrogen-bond donors (Lipinski definition) is 0. The number of carbonyl (C=O) groups is 3. The van der Waals surface area contributed by atoms with E-state index in [0.29, 0.717) is 32.5 Å². The number of carbonyl (C=O) groups excluding carboxylic acids is 3. The number of amides is 3. The lowest BCUT2D eigenvalue weighted by atomic mass is 10.0. The zero-order valence-electron chi connectivity index (χ0n) is 21.6. The maximum Gasteiger partial charge on any atom is 0.410 e. The molecule has 7 heteroatoms. The highest BCUT2D eigenvalue weighted by molar-refractivity contribution is 6.05. The van der Waals surface area contributed by atoms with Crippen LogP contribution in [0.2, 0.25) is 0 Å². The van der Waals surface area contributed by atoms with Crippen LogP contribution in [0.1, 0.15) is 51.7 Å². The molecule has 2 aliphatic rings. The second-order valence-electron chi connectivity index (χ2n) is 10.4. The molecule has 1 fully saturated rings. The van der Waals surface area contributed by atoms with Gasteiger partial charge in [-0.05, 0) is 69.4 Å². The molecule has 36 heavy (non-hydrogen) atoms. The van der Waals surface area contributed by atoms with Crippen LogP contribution in [0, 0.1) is 0 Å². The highest BCUT2D eigenvalue weighted by Gasteiger charge is 2.33. The van der Waals surface area contributed by atoms with E-state index < -0.39 is 5.60 Å². The fourth-order valence-corrected chi connectivity index (χ4v) is 4.81. The summed E-state index contributed by atoms with van der Waals surface area (Å²) in [6.07, 6.45) is 5.18. The topological polar surface area (TPSA) is 70.2 Å². The fourth-order valence-electron chi connectivity index (χ4n) is 4.81. The Morgan fingerprint density at radius 2 is 1.69 bits per heavy atom. The van der Waals surface area contributed by atoms with Gasteiger partial charge in [-0.3, -0.25) is 9.59 Å². The maximum atomic E-state index is 13.6. The van der Waals surface area contributed by atoms with Crippen molar-refractivity contribution in [1.29, 1.82) is 0 Å². The van der Waals surface area contributed by atoms with Crippen LogP contribution in [0.3, 0.4) is 0 Å². The van der Waals surface area contributed by atoms with Crippen molar-refractivity contribution in [3.8, 4) is 0 Å². The Morgan fingerprint density at radius 3 is 2.33 bits per heavy atom. The Kier molecular flexibility index (Phi) is 7.48. The molecule has 0 aliphatic carbocycles. The lowest BCUT2D eigenvalue weighted by molar-refractivity contribution is -0.116. The van der Waals surface area contributed by atoms with Gasteiger partial charge >= 0.3 is 6.09 Å². The molecule has 2 aliphatic heterocycles. The van der Waals surface area contributed by atoms with Gasteiger partial charge in [-0.25, -0.2) is 4.79 Å². The summed E-state index contributed by atoms with van der Waals surface area (Å²) < 4.78 is 5.53. The first kappa shape index (κ1) is 25.5. The van der Waals surface area contributed by atoms with Crippen LogP contribution < -0.4 is 9.80 Å². The van der Waals surface area contributed by atoms with Gasteiger partial charge in [-0.2, -0.15) is 0 Å². The zero-order chi connectivity index (χ0) is 25.9. The Hall–Kier alpha value is -3.61. The van der Waals surface area contributed by atoms with Gasteiger partial charge < -0.3 is 19.4 Å². The van der Waals surface area contributed by atoms with E-state index in [1.807, 2.05) is 80.3 Å². The van der Waals surface area contributed by atoms with Crippen molar-refractivity contribution in [2.75, 3.05) is 29.4 Å². The van der Waals surface area contributed by atoms with E-state index in [4.69, 9.17) is 4.74 Å². The molecular weight excluding hydrogens is 454 g/mol. The van der Waals surface area contributed by atoms with Gasteiger partial charge in [0.05, 0.1) is 0 Å². The second kappa shape index (κ2) is 10.6. The van der Waals surface area contributed by atoms with E-state index in [1.165, 1.54) is 0 Å². The smallest absolute Gasteiger partial charge is 0.410 e. The number of benzene rings is 2. The van der Waals surface area contributed by atoms with Gasteiger partial charge in [0.1, 0.15) is 5.60 Å².